The Hall–Kier alpha value is -3.96. The number of ether oxygens (including phenoxy) is 1. The van der Waals surface area contributed by atoms with Crippen LogP contribution in [0.15, 0.2) is 36.4 Å². The molecule has 3 aromatic rings. The first-order valence-corrected chi connectivity index (χ1v) is 10.4. The fourth-order valence-corrected chi connectivity index (χ4v) is 3.42. The monoisotopic (exact) mass is 494 g/mol. The molecular weight excluding hydrogens is 472 g/mol. The maximum Gasteiger partial charge on any atom is 0.282 e. The Morgan fingerprint density at radius 1 is 1.06 bits per heavy atom. The number of non-ortho nitro benzene ring substituents is 1. The molecule has 0 saturated carbocycles. The van der Waals surface area contributed by atoms with Gasteiger partial charge >= 0.3 is 0 Å². The molecule has 0 fully saturated rings. The fraction of sp³-hybridized carbons (Fsp3) is 0.304. The molecule has 1 unspecified atom stereocenters. The van der Waals surface area contributed by atoms with Crippen LogP contribution in [0.4, 0.5) is 28.9 Å². The summed E-state index contributed by atoms with van der Waals surface area (Å²) in [4.78, 5) is 23.5. The van der Waals surface area contributed by atoms with Crippen molar-refractivity contribution >= 4 is 17.3 Å². The number of rotatable bonds is 8. The van der Waals surface area contributed by atoms with E-state index in [0.29, 0.717) is 16.5 Å². The maximum absolute atomic E-state index is 13.3. The van der Waals surface area contributed by atoms with Crippen molar-refractivity contribution in [3.8, 4) is 11.5 Å². The van der Waals surface area contributed by atoms with Gasteiger partial charge in [0.05, 0.1) is 16.7 Å². The first-order valence-electron chi connectivity index (χ1n) is 10.4. The zero-order valence-corrected chi connectivity index (χ0v) is 19.2. The predicted molar refractivity (Wildman–Crippen MR) is 119 cm³/mol. The molecule has 0 radical (unpaired) electrons. The number of anilines is 1. The fourth-order valence-electron chi connectivity index (χ4n) is 3.42. The molecule has 0 aliphatic carbocycles. The Morgan fingerprint density at radius 2 is 1.74 bits per heavy atom. The van der Waals surface area contributed by atoms with E-state index in [2.05, 4.69) is 10.4 Å². The smallest absolute Gasteiger partial charge is 0.282 e. The molecule has 35 heavy (non-hydrogen) atoms. The predicted octanol–water partition coefficient (Wildman–Crippen LogP) is 6.58. The van der Waals surface area contributed by atoms with Crippen molar-refractivity contribution in [3.63, 3.8) is 0 Å². The number of amides is 1. The van der Waals surface area contributed by atoms with E-state index in [4.69, 9.17) is 4.74 Å². The van der Waals surface area contributed by atoms with E-state index < -0.39 is 41.1 Å². The van der Waals surface area contributed by atoms with Crippen LogP contribution in [-0.2, 0) is 4.79 Å². The molecule has 8 nitrogen and oxygen atoms in total. The molecule has 3 rings (SSSR count). The summed E-state index contributed by atoms with van der Waals surface area (Å²) in [5.74, 6) is -0.376. The Labute approximate surface area is 197 Å². The van der Waals surface area contributed by atoms with E-state index in [9.17, 15) is 32.5 Å². The minimum absolute atomic E-state index is 0.0482. The number of aromatic nitrogens is 2. The van der Waals surface area contributed by atoms with Crippen LogP contribution in [0.1, 0.15) is 53.9 Å². The number of aryl methyl sites for hydroxylation is 2. The van der Waals surface area contributed by atoms with Crippen LogP contribution in [0.5, 0.6) is 11.5 Å². The number of halogens is 4. The van der Waals surface area contributed by atoms with Gasteiger partial charge in [-0.15, -0.1) is 0 Å². The summed E-state index contributed by atoms with van der Waals surface area (Å²) >= 11 is 0. The van der Waals surface area contributed by atoms with Crippen molar-refractivity contribution in [1.29, 1.82) is 0 Å². The highest BCUT2D eigenvalue weighted by Gasteiger charge is 2.27. The Morgan fingerprint density at radius 3 is 2.34 bits per heavy atom. The van der Waals surface area contributed by atoms with E-state index in [1.165, 1.54) is 19.1 Å². The van der Waals surface area contributed by atoms with Crippen LogP contribution in [0.3, 0.4) is 0 Å². The van der Waals surface area contributed by atoms with Gasteiger partial charge in [0.25, 0.3) is 18.5 Å². The lowest BCUT2D eigenvalue weighted by Gasteiger charge is -2.16. The first kappa shape index (κ1) is 25.7. The highest BCUT2D eigenvalue weighted by Crippen LogP contribution is 2.33. The summed E-state index contributed by atoms with van der Waals surface area (Å²) in [6.45, 7) is 6.77. The Balaban J connectivity index is 1.92. The van der Waals surface area contributed by atoms with Crippen LogP contribution in [-0.4, -0.2) is 20.6 Å². The normalized spacial score (nSPS) is 12.2. The van der Waals surface area contributed by atoms with Gasteiger partial charge in [0, 0.05) is 12.1 Å². The molecular formula is C23H22F4N4O4. The summed E-state index contributed by atoms with van der Waals surface area (Å²) in [7, 11) is 0. The topological polar surface area (TPSA) is 99.3 Å². The summed E-state index contributed by atoms with van der Waals surface area (Å²) < 4.78 is 58.9. The van der Waals surface area contributed by atoms with Gasteiger partial charge in [0.15, 0.2) is 0 Å². The molecule has 0 spiro atoms. The minimum atomic E-state index is -3.15. The molecule has 0 bridgehead atoms. The van der Waals surface area contributed by atoms with Gasteiger partial charge in [-0.25, -0.2) is 17.6 Å². The highest BCUT2D eigenvalue weighted by molar-refractivity contribution is 5.94. The number of nitrogens with zero attached hydrogens (tertiary/aromatic N) is 3. The number of benzene rings is 2. The first-order chi connectivity index (χ1) is 16.4. The average molecular weight is 494 g/mol. The number of nitro benzene ring substituents is 1. The van der Waals surface area contributed by atoms with Crippen molar-refractivity contribution in [2.75, 3.05) is 5.32 Å². The van der Waals surface area contributed by atoms with Gasteiger partial charge in [-0.1, -0.05) is 6.07 Å². The van der Waals surface area contributed by atoms with E-state index in [-0.39, 0.29) is 17.1 Å². The Bertz CT molecular complexity index is 1280. The lowest BCUT2D eigenvalue weighted by molar-refractivity contribution is -0.384. The second-order valence-electron chi connectivity index (χ2n) is 7.98. The molecule has 1 heterocycles. The number of hydrogen-bond acceptors (Lipinski definition) is 5. The van der Waals surface area contributed by atoms with Gasteiger partial charge in [0.2, 0.25) is 5.91 Å². The summed E-state index contributed by atoms with van der Waals surface area (Å²) in [5.41, 5.74) is 0.492. The largest absolute Gasteiger partial charge is 0.457 e. The standard InChI is InChI=1S/C23H22F4N4O4/c1-11-5-12(2)13(3)20(6-11)35-17-8-15(7-16(9-17)31(33)34)28-23(32)14(4)30-19(22(26)27)10-18(29-30)21(24)25/h5-10,14,21-22H,1-4H3,(H,28,32). The number of alkyl halides is 4. The number of nitrogens with one attached hydrogen (secondary N) is 1. The molecule has 0 aliphatic rings. The second-order valence-corrected chi connectivity index (χ2v) is 7.98. The van der Waals surface area contributed by atoms with Crippen molar-refractivity contribution in [1.82, 2.24) is 9.78 Å². The summed E-state index contributed by atoms with van der Waals surface area (Å²) in [6.07, 6.45) is -6.25. The quantitative estimate of drug-likeness (QED) is 0.217. The van der Waals surface area contributed by atoms with Crippen molar-refractivity contribution < 1.29 is 32.0 Å². The van der Waals surface area contributed by atoms with Crippen LogP contribution < -0.4 is 10.1 Å². The molecule has 1 atom stereocenters. The van der Waals surface area contributed by atoms with Crippen LogP contribution in [0.2, 0.25) is 0 Å². The summed E-state index contributed by atoms with van der Waals surface area (Å²) in [5, 5.41) is 17.2. The van der Waals surface area contributed by atoms with Gasteiger partial charge in [0.1, 0.15) is 28.9 Å². The SMILES string of the molecule is Cc1cc(C)c(C)c(Oc2cc(NC(=O)C(C)n3nc(C(F)F)cc3C(F)F)cc([N+](=O)[O-])c2)c1. The number of hydrogen-bond donors (Lipinski definition) is 1. The molecule has 12 heteroatoms. The van der Waals surface area contributed by atoms with Gasteiger partial charge in [-0.05, 0) is 56.5 Å². The average Bonchev–Trinajstić information content (AvgIpc) is 3.22. The van der Waals surface area contributed by atoms with E-state index >= 15 is 0 Å². The minimum Gasteiger partial charge on any atom is -0.457 e. The van der Waals surface area contributed by atoms with Gasteiger partial charge < -0.3 is 10.1 Å². The third-order valence-electron chi connectivity index (χ3n) is 5.34. The Kier molecular flexibility index (Phi) is 7.42. The second kappa shape index (κ2) is 10.1. The molecule has 1 N–H and O–H groups in total. The number of nitro groups is 1. The maximum atomic E-state index is 13.3. The lowest BCUT2D eigenvalue weighted by Crippen LogP contribution is -2.26. The molecule has 186 valence electrons. The zero-order valence-electron chi connectivity index (χ0n) is 19.2. The van der Waals surface area contributed by atoms with E-state index in [1.807, 2.05) is 26.8 Å². The zero-order chi connectivity index (χ0) is 26.0. The number of carbonyl (C=O) groups excluding carboxylic acids is 1. The molecule has 0 saturated heterocycles. The van der Waals surface area contributed by atoms with Crippen molar-refractivity contribution in [2.24, 2.45) is 0 Å². The molecule has 0 aliphatic heterocycles. The van der Waals surface area contributed by atoms with Crippen molar-refractivity contribution in [2.45, 2.75) is 46.6 Å². The third-order valence-corrected chi connectivity index (χ3v) is 5.34. The van der Waals surface area contributed by atoms with Gasteiger partial charge in [-0.2, -0.15) is 5.10 Å². The van der Waals surface area contributed by atoms with E-state index in [1.54, 1.807) is 6.07 Å². The summed E-state index contributed by atoms with van der Waals surface area (Å²) in [6, 6.07) is 6.38. The van der Waals surface area contributed by atoms with Crippen LogP contribution >= 0.6 is 0 Å². The van der Waals surface area contributed by atoms with Crippen molar-refractivity contribution in [3.05, 3.63) is 74.6 Å². The van der Waals surface area contributed by atoms with E-state index in [0.717, 1.165) is 22.8 Å². The lowest BCUT2D eigenvalue weighted by atomic mass is 10.1. The molecule has 1 aromatic heterocycles. The molecule has 2 aromatic carbocycles. The highest BCUT2D eigenvalue weighted by atomic mass is 19.3. The molecule has 1 amide bonds. The van der Waals surface area contributed by atoms with Crippen LogP contribution in [0, 0.1) is 30.9 Å². The third kappa shape index (κ3) is 5.76. The number of carbonyl (C=O) groups is 1. The van der Waals surface area contributed by atoms with Gasteiger partial charge in [-0.3, -0.25) is 19.6 Å². The van der Waals surface area contributed by atoms with Crippen LogP contribution in [0.25, 0.3) is 0 Å².